The molecule has 1 amide bonds. The van der Waals surface area contributed by atoms with Crippen LogP contribution in [-0.4, -0.2) is 28.6 Å². The third-order valence-corrected chi connectivity index (χ3v) is 4.25. The van der Waals surface area contributed by atoms with Gasteiger partial charge in [-0.25, -0.2) is 4.98 Å². The summed E-state index contributed by atoms with van der Waals surface area (Å²) in [5.41, 5.74) is 4.22. The fourth-order valence-corrected chi connectivity index (χ4v) is 2.79. The Morgan fingerprint density at radius 2 is 2.00 bits per heavy atom. The van der Waals surface area contributed by atoms with Crippen LogP contribution in [-0.2, 0) is 18.3 Å². The lowest BCUT2D eigenvalue weighted by Crippen LogP contribution is -2.31. The number of benzene rings is 2. The monoisotopic (exact) mass is 337 g/mol. The van der Waals surface area contributed by atoms with Crippen molar-refractivity contribution in [1.82, 2.24) is 14.9 Å². The third-order valence-electron chi connectivity index (χ3n) is 4.25. The quantitative estimate of drug-likeness (QED) is 0.752. The van der Waals surface area contributed by atoms with Gasteiger partial charge in [-0.05, 0) is 43.2 Å². The molecule has 0 fully saturated rings. The van der Waals surface area contributed by atoms with Gasteiger partial charge >= 0.3 is 0 Å². The summed E-state index contributed by atoms with van der Waals surface area (Å²) in [7, 11) is 2.00. The summed E-state index contributed by atoms with van der Waals surface area (Å²) in [6, 6.07) is 14.0. The van der Waals surface area contributed by atoms with Crippen molar-refractivity contribution in [2.75, 3.05) is 13.2 Å². The number of amides is 1. The Morgan fingerprint density at radius 1 is 1.20 bits per heavy atom. The first kappa shape index (κ1) is 17.0. The number of rotatable bonds is 6. The number of nitrogens with one attached hydrogen (secondary N) is 1. The largest absolute Gasteiger partial charge is 0.483 e. The maximum absolute atomic E-state index is 12.0. The van der Waals surface area contributed by atoms with Crippen molar-refractivity contribution in [2.45, 2.75) is 20.3 Å². The number of aryl methyl sites for hydroxylation is 3. The number of carbonyl (C=O) groups is 1. The highest BCUT2D eigenvalue weighted by Gasteiger charge is 2.08. The lowest BCUT2D eigenvalue weighted by molar-refractivity contribution is -0.123. The van der Waals surface area contributed by atoms with Gasteiger partial charge in [0, 0.05) is 20.0 Å². The first-order chi connectivity index (χ1) is 12.0. The van der Waals surface area contributed by atoms with Crippen molar-refractivity contribution < 1.29 is 9.53 Å². The molecule has 0 aliphatic carbocycles. The number of nitrogens with zero attached hydrogens (tertiary/aromatic N) is 2. The highest BCUT2D eigenvalue weighted by Crippen LogP contribution is 2.18. The second-order valence-corrected chi connectivity index (χ2v) is 6.23. The Hall–Kier alpha value is -2.82. The van der Waals surface area contributed by atoms with E-state index in [2.05, 4.69) is 14.9 Å². The summed E-state index contributed by atoms with van der Waals surface area (Å²) < 4.78 is 7.68. The van der Waals surface area contributed by atoms with Gasteiger partial charge in [-0.2, -0.15) is 0 Å². The Balaban J connectivity index is 1.50. The molecule has 0 bridgehead atoms. The molecule has 0 saturated carbocycles. The predicted molar refractivity (Wildman–Crippen MR) is 98.8 cm³/mol. The van der Waals surface area contributed by atoms with Gasteiger partial charge in [-0.3, -0.25) is 4.79 Å². The number of hydrogen-bond donors (Lipinski definition) is 1. The second-order valence-electron chi connectivity index (χ2n) is 6.23. The Labute approximate surface area is 147 Å². The zero-order valence-corrected chi connectivity index (χ0v) is 14.9. The van der Waals surface area contributed by atoms with Gasteiger partial charge in [0.2, 0.25) is 0 Å². The fraction of sp³-hybridized carbons (Fsp3) is 0.300. The van der Waals surface area contributed by atoms with Gasteiger partial charge in [0.25, 0.3) is 5.91 Å². The molecule has 0 aliphatic rings. The van der Waals surface area contributed by atoms with Crippen LogP contribution in [0.15, 0.2) is 42.5 Å². The van der Waals surface area contributed by atoms with E-state index < -0.39 is 0 Å². The number of carbonyl (C=O) groups excluding carboxylic acids is 1. The number of ether oxygens (including phenoxy) is 1. The summed E-state index contributed by atoms with van der Waals surface area (Å²) >= 11 is 0. The Morgan fingerprint density at radius 3 is 2.80 bits per heavy atom. The Kier molecular flexibility index (Phi) is 5.03. The van der Waals surface area contributed by atoms with Crippen molar-refractivity contribution >= 4 is 16.9 Å². The number of para-hydroxylation sites is 2. The van der Waals surface area contributed by atoms with Gasteiger partial charge in [0.05, 0.1) is 11.0 Å². The summed E-state index contributed by atoms with van der Waals surface area (Å²) in [5.74, 6) is 1.59. The molecular weight excluding hydrogens is 314 g/mol. The molecular formula is C20H23N3O2. The van der Waals surface area contributed by atoms with E-state index in [1.54, 1.807) is 0 Å². The van der Waals surface area contributed by atoms with E-state index in [0.29, 0.717) is 13.0 Å². The standard InChI is InChI=1S/C20H23N3O2/c1-14-8-9-15(2)18(12-14)25-13-20(24)21-11-10-19-22-16-6-4-5-7-17(16)23(19)3/h4-9,12H,10-11,13H2,1-3H3,(H,21,24). The number of imidazole rings is 1. The van der Waals surface area contributed by atoms with Crippen LogP contribution in [0.3, 0.4) is 0 Å². The van der Waals surface area contributed by atoms with E-state index in [0.717, 1.165) is 33.7 Å². The van der Waals surface area contributed by atoms with Crippen LogP contribution in [0.2, 0.25) is 0 Å². The lowest BCUT2D eigenvalue weighted by atomic mass is 10.1. The van der Waals surface area contributed by atoms with Crippen LogP contribution in [0.4, 0.5) is 0 Å². The predicted octanol–water partition coefficient (Wildman–Crippen LogP) is 2.93. The Bertz CT molecular complexity index is 899. The molecule has 0 unspecified atom stereocenters. The maximum atomic E-state index is 12.0. The molecule has 0 saturated heterocycles. The number of hydrogen-bond acceptors (Lipinski definition) is 3. The average molecular weight is 337 g/mol. The van der Waals surface area contributed by atoms with Crippen LogP contribution in [0, 0.1) is 13.8 Å². The smallest absolute Gasteiger partial charge is 0.257 e. The van der Waals surface area contributed by atoms with Gasteiger partial charge in [0.15, 0.2) is 6.61 Å². The molecule has 1 aromatic heterocycles. The van der Waals surface area contributed by atoms with Gasteiger partial charge in [0.1, 0.15) is 11.6 Å². The third kappa shape index (κ3) is 3.99. The molecule has 0 aliphatic heterocycles. The summed E-state index contributed by atoms with van der Waals surface area (Å²) in [4.78, 5) is 16.6. The number of aromatic nitrogens is 2. The zero-order valence-electron chi connectivity index (χ0n) is 14.9. The molecule has 3 rings (SSSR count). The molecule has 0 radical (unpaired) electrons. The van der Waals surface area contributed by atoms with Gasteiger partial charge in [-0.15, -0.1) is 0 Å². The first-order valence-corrected chi connectivity index (χ1v) is 8.41. The minimum atomic E-state index is -0.125. The van der Waals surface area contributed by atoms with Crippen molar-refractivity contribution in [3.8, 4) is 5.75 Å². The zero-order chi connectivity index (χ0) is 17.8. The normalized spacial score (nSPS) is 10.8. The minimum Gasteiger partial charge on any atom is -0.483 e. The molecule has 3 aromatic rings. The van der Waals surface area contributed by atoms with Crippen LogP contribution in [0.5, 0.6) is 5.75 Å². The summed E-state index contributed by atoms with van der Waals surface area (Å²) in [5, 5.41) is 2.89. The van der Waals surface area contributed by atoms with Crippen molar-refractivity contribution in [1.29, 1.82) is 0 Å². The topological polar surface area (TPSA) is 56.1 Å². The number of fused-ring (bicyclic) bond motifs is 1. The summed E-state index contributed by atoms with van der Waals surface area (Å²) in [6.45, 7) is 4.53. The van der Waals surface area contributed by atoms with Crippen LogP contribution >= 0.6 is 0 Å². The second kappa shape index (κ2) is 7.38. The first-order valence-electron chi connectivity index (χ1n) is 8.41. The molecule has 25 heavy (non-hydrogen) atoms. The van der Waals surface area contributed by atoms with Crippen LogP contribution in [0.25, 0.3) is 11.0 Å². The highest BCUT2D eigenvalue weighted by molar-refractivity contribution is 5.77. The summed E-state index contributed by atoms with van der Waals surface area (Å²) in [6.07, 6.45) is 0.681. The van der Waals surface area contributed by atoms with E-state index in [9.17, 15) is 4.79 Å². The van der Waals surface area contributed by atoms with E-state index in [1.807, 2.05) is 63.4 Å². The minimum absolute atomic E-state index is 0.0207. The fourth-order valence-electron chi connectivity index (χ4n) is 2.79. The molecule has 1 heterocycles. The molecule has 5 nitrogen and oxygen atoms in total. The van der Waals surface area contributed by atoms with E-state index >= 15 is 0 Å². The highest BCUT2D eigenvalue weighted by atomic mass is 16.5. The van der Waals surface area contributed by atoms with Crippen LogP contribution in [0.1, 0.15) is 17.0 Å². The van der Waals surface area contributed by atoms with Crippen molar-refractivity contribution in [3.63, 3.8) is 0 Å². The van der Waals surface area contributed by atoms with Gasteiger partial charge < -0.3 is 14.6 Å². The molecule has 130 valence electrons. The van der Waals surface area contributed by atoms with Gasteiger partial charge in [-0.1, -0.05) is 24.3 Å². The molecule has 1 N–H and O–H groups in total. The van der Waals surface area contributed by atoms with Crippen molar-refractivity contribution in [2.24, 2.45) is 7.05 Å². The van der Waals surface area contributed by atoms with Crippen LogP contribution < -0.4 is 10.1 Å². The van der Waals surface area contributed by atoms with E-state index in [1.165, 1.54) is 0 Å². The molecule has 0 spiro atoms. The average Bonchev–Trinajstić information content (AvgIpc) is 2.92. The molecule has 0 atom stereocenters. The SMILES string of the molecule is Cc1ccc(C)c(OCC(=O)NCCc2nc3ccccc3n2C)c1. The lowest BCUT2D eigenvalue weighted by Gasteiger charge is -2.10. The molecule has 5 heteroatoms. The van der Waals surface area contributed by atoms with E-state index in [-0.39, 0.29) is 12.5 Å². The molecule has 2 aromatic carbocycles. The van der Waals surface area contributed by atoms with Crippen molar-refractivity contribution in [3.05, 3.63) is 59.4 Å². The maximum Gasteiger partial charge on any atom is 0.257 e. The van der Waals surface area contributed by atoms with E-state index in [4.69, 9.17) is 4.74 Å².